The number of nitrogens with one attached hydrogen (secondary N) is 1. The number of benzene rings is 1. The van der Waals surface area contributed by atoms with Crippen LogP contribution in [0.2, 0.25) is 0 Å². The van der Waals surface area contributed by atoms with Crippen molar-refractivity contribution in [3.05, 3.63) is 40.4 Å². The van der Waals surface area contributed by atoms with Gasteiger partial charge < -0.3 is 5.32 Å². The molecule has 0 unspecified atom stereocenters. The summed E-state index contributed by atoms with van der Waals surface area (Å²) in [5, 5.41) is 12.8. The molecule has 0 spiro atoms. The minimum Gasteiger partial charge on any atom is -0.320 e. The summed E-state index contributed by atoms with van der Waals surface area (Å²) in [5.41, 5.74) is 0.899. The first-order chi connectivity index (χ1) is 13.2. The second-order valence-electron chi connectivity index (χ2n) is 7.43. The van der Waals surface area contributed by atoms with Gasteiger partial charge in [0.25, 0.3) is 5.56 Å². The van der Waals surface area contributed by atoms with Gasteiger partial charge >= 0.3 is 0 Å². The molecule has 0 bridgehead atoms. The fraction of sp³-hybridized carbons (Fsp3) is 0.550. The second kappa shape index (κ2) is 7.78. The van der Waals surface area contributed by atoms with Crippen LogP contribution in [-0.2, 0) is 13.1 Å². The molecule has 0 amide bonds. The van der Waals surface area contributed by atoms with Crippen molar-refractivity contribution >= 4 is 16.7 Å². The van der Waals surface area contributed by atoms with E-state index in [0.717, 1.165) is 48.8 Å². The Balaban J connectivity index is 1.64. The van der Waals surface area contributed by atoms with Crippen LogP contribution >= 0.6 is 0 Å². The molecule has 1 saturated heterocycles. The Labute approximate surface area is 159 Å². The van der Waals surface area contributed by atoms with Crippen LogP contribution in [0.25, 0.3) is 16.7 Å². The Morgan fingerprint density at radius 2 is 1.96 bits per heavy atom. The van der Waals surface area contributed by atoms with E-state index in [1.54, 1.807) is 4.57 Å². The number of para-hydroxylation sites is 1. The SMILES string of the molecule is CCn1c(=O)c2ccccc2n2c(CN3CCC(CCNC)CC3)nnc12. The Hall–Kier alpha value is -2.25. The molecule has 0 saturated carbocycles. The molecule has 27 heavy (non-hydrogen) atoms. The van der Waals surface area contributed by atoms with Crippen LogP contribution < -0.4 is 10.9 Å². The lowest BCUT2D eigenvalue weighted by molar-refractivity contribution is 0.168. The number of rotatable bonds is 6. The molecule has 1 fully saturated rings. The summed E-state index contributed by atoms with van der Waals surface area (Å²) in [7, 11) is 2.02. The van der Waals surface area contributed by atoms with Gasteiger partial charge in [0.05, 0.1) is 17.4 Å². The van der Waals surface area contributed by atoms with Crippen molar-refractivity contribution in [2.45, 2.75) is 39.3 Å². The number of aryl methyl sites for hydroxylation is 1. The number of hydrogen-bond donors (Lipinski definition) is 1. The third-order valence-electron chi connectivity index (χ3n) is 5.77. The lowest BCUT2D eigenvalue weighted by Gasteiger charge is -2.31. The molecular weight excluding hydrogens is 340 g/mol. The van der Waals surface area contributed by atoms with E-state index in [1.807, 2.05) is 38.2 Å². The molecule has 4 rings (SSSR count). The topological polar surface area (TPSA) is 67.5 Å². The number of likely N-dealkylation sites (tertiary alicyclic amines) is 1. The van der Waals surface area contributed by atoms with Gasteiger partial charge in [0, 0.05) is 6.54 Å². The first-order valence-electron chi connectivity index (χ1n) is 9.95. The molecule has 7 heteroatoms. The highest BCUT2D eigenvalue weighted by Crippen LogP contribution is 2.22. The van der Waals surface area contributed by atoms with E-state index < -0.39 is 0 Å². The number of piperidine rings is 1. The van der Waals surface area contributed by atoms with Crippen LogP contribution in [0.4, 0.5) is 0 Å². The summed E-state index contributed by atoms with van der Waals surface area (Å²) in [5.74, 6) is 2.37. The highest BCUT2D eigenvalue weighted by molar-refractivity contribution is 5.80. The van der Waals surface area contributed by atoms with Gasteiger partial charge in [-0.1, -0.05) is 12.1 Å². The summed E-state index contributed by atoms with van der Waals surface area (Å²) in [6.45, 7) is 6.61. The number of aromatic nitrogens is 4. The largest absolute Gasteiger partial charge is 0.320 e. The normalized spacial score (nSPS) is 16.5. The van der Waals surface area contributed by atoms with E-state index in [1.165, 1.54) is 19.3 Å². The second-order valence-corrected chi connectivity index (χ2v) is 7.43. The lowest BCUT2D eigenvalue weighted by Crippen LogP contribution is -2.34. The zero-order valence-corrected chi connectivity index (χ0v) is 16.2. The summed E-state index contributed by atoms with van der Waals surface area (Å²) >= 11 is 0. The van der Waals surface area contributed by atoms with Crippen LogP contribution in [0.15, 0.2) is 29.1 Å². The van der Waals surface area contributed by atoms with Crippen LogP contribution in [0.3, 0.4) is 0 Å². The average Bonchev–Trinajstić information content (AvgIpc) is 3.11. The summed E-state index contributed by atoms with van der Waals surface area (Å²) in [6.07, 6.45) is 3.73. The highest BCUT2D eigenvalue weighted by Gasteiger charge is 2.22. The summed E-state index contributed by atoms with van der Waals surface area (Å²) < 4.78 is 3.77. The van der Waals surface area contributed by atoms with Gasteiger partial charge in [0.1, 0.15) is 0 Å². The molecule has 144 valence electrons. The van der Waals surface area contributed by atoms with Gasteiger partial charge in [0.2, 0.25) is 5.78 Å². The summed E-state index contributed by atoms with van der Waals surface area (Å²) in [4.78, 5) is 15.2. The van der Waals surface area contributed by atoms with E-state index >= 15 is 0 Å². The Bertz CT molecular complexity index is 983. The van der Waals surface area contributed by atoms with Gasteiger partial charge in [-0.25, -0.2) is 0 Å². The van der Waals surface area contributed by atoms with Gasteiger partial charge in [0.15, 0.2) is 5.82 Å². The number of nitrogens with zero attached hydrogens (tertiary/aromatic N) is 5. The fourth-order valence-electron chi connectivity index (χ4n) is 4.18. The molecule has 1 aliphatic rings. The predicted molar refractivity (Wildman–Crippen MR) is 107 cm³/mol. The maximum atomic E-state index is 12.8. The van der Waals surface area contributed by atoms with E-state index in [-0.39, 0.29) is 5.56 Å². The van der Waals surface area contributed by atoms with Crippen molar-refractivity contribution < 1.29 is 0 Å². The minimum atomic E-state index is 0.00454. The molecule has 7 nitrogen and oxygen atoms in total. The molecule has 3 heterocycles. The molecule has 0 aliphatic carbocycles. The third-order valence-corrected chi connectivity index (χ3v) is 5.77. The molecule has 1 N–H and O–H groups in total. The maximum Gasteiger partial charge on any atom is 0.262 e. The highest BCUT2D eigenvalue weighted by atomic mass is 16.1. The molecule has 1 aromatic carbocycles. The molecule has 1 aliphatic heterocycles. The monoisotopic (exact) mass is 368 g/mol. The van der Waals surface area contributed by atoms with Crippen molar-refractivity contribution in [2.24, 2.45) is 5.92 Å². The zero-order chi connectivity index (χ0) is 18.8. The van der Waals surface area contributed by atoms with Gasteiger partial charge in [-0.05, 0) is 70.9 Å². The summed E-state index contributed by atoms with van der Waals surface area (Å²) in [6, 6.07) is 7.75. The van der Waals surface area contributed by atoms with E-state index in [0.29, 0.717) is 12.3 Å². The van der Waals surface area contributed by atoms with Crippen molar-refractivity contribution in [3.8, 4) is 0 Å². The van der Waals surface area contributed by atoms with Crippen molar-refractivity contribution in [1.29, 1.82) is 0 Å². The van der Waals surface area contributed by atoms with Crippen LogP contribution in [-0.4, -0.2) is 50.7 Å². The average molecular weight is 368 g/mol. The van der Waals surface area contributed by atoms with Crippen molar-refractivity contribution in [1.82, 2.24) is 29.4 Å². The zero-order valence-electron chi connectivity index (χ0n) is 16.2. The lowest BCUT2D eigenvalue weighted by atomic mass is 9.93. The quantitative estimate of drug-likeness (QED) is 0.720. The maximum absolute atomic E-state index is 12.8. The van der Waals surface area contributed by atoms with Crippen molar-refractivity contribution in [3.63, 3.8) is 0 Å². The van der Waals surface area contributed by atoms with E-state index in [9.17, 15) is 4.79 Å². The van der Waals surface area contributed by atoms with Gasteiger partial charge in [-0.15, -0.1) is 10.2 Å². The van der Waals surface area contributed by atoms with Crippen LogP contribution in [0.5, 0.6) is 0 Å². The Morgan fingerprint density at radius 1 is 1.19 bits per heavy atom. The van der Waals surface area contributed by atoms with Crippen LogP contribution in [0, 0.1) is 5.92 Å². The van der Waals surface area contributed by atoms with Gasteiger partial charge in [-0.3, -0.25) is 18.7 Å². The first kappa shape index (κ1) is 18.1. The molecule has 3 aromatic rings. The smallest absolute Gasteiger partial charge is 0.262 e. The predicted octanol–water partition coefficient (Wildman–Crippen LogP) is 1.89. The van der Waals surface area contributed by atoms with E-state index in [2.05, 4.69) is 24.8 Å². The molecule has 0 atom stereocenters. The molecule has 2 aromatic heterocycles. The number of hydrogen-bond acceptors (Lipinski definition) is 5. The molecular formula is C20H28N6O. The first-order valence-corrected chi connectivity index (χ1v) is 9.95. The minimum absolute atomic E-state index is 0.00454. The van der Waals surface area contributed by atoms with Crippen LogP contribution in [0.1, 0.15) is 32.0 Å². The van der Waals surface area contributed by atoms with E-state index in [4.69, 9.17) is 0 Å². The Kier molecular flexibility index (Phi) is 5.22. The number of fused-ring (bicyclic) bond motifs is 3. The third kappa shape index (κ3) is 3.37. The van der Waals surface area contributed by atoms with Crippen molar-refractivity contribution in [2.75, 3.05) is 26.7 Å². The molecule has 0 radical (unpaired) electrons. The fourth-order valence-corrected chi connectivity index (χ4v) is 4.18. The van der Waals surface area contributed by atoms with Gasteiger partial charge in [-0.2, -0.15) is 0 Å². The standard InChI is InChI=1S/C20H28N6O/c1-3-25-19(27)16-6-4-5-7-17(16)26-18(22-23-20(25)26)14-24-12-9-15(10-13-24)8-11-21-2/h4-7,15,21H,3,8-14H2,1-2H3. The Morgan fingerprint density at radius 3 is 2.70 bits per heavy atom.